The molecule has 3 N–H and O–H groups in total. The summed E-state index contributed by atoms with van der Waals surface area (Å²) in [5.41, 5.74) is 11.0. The van der Waals surface area contributed by atoms with E-state index in [1.807, 2.05) is 32.2 Å². The van der Waals surface area contributed by atoms with Gasteiger partial charge < -0.3 is 20.3 Å². The summed E-state index contributed by atoms with van der Waals surface area (Å²) in [6.45, 7) is 4.98. The van der Waals surface area contributed by atoms with Crippen LogP contribution in [0.4, 0.5) is 13.2 Å². The lowest BCUT2D eigenvalue weighted by atomic mass is 9.94. The molecule has 0 bridgehead atoms. The average molecular weight is 478 g/mol. The molecule has 0 unspecified atom stereocenters. The summed E-state index contributed by atoms with van der Waals surface area (Å²) in [6.07, 6.45) is -0.848. The van der Waals surface area contributed by atoms with Gasteiger partial charge in [-0.2, -0.15) is 18.2 Å². The number of nitrogens with two attached hydrogens (primary N) is 1. The topological polar surface area (TPSA) is 148 Å². The van der Waals surface area contributed by atoms with Gasteiger partial charge in [0.15, 0.2) is 0 Å². The van der Waals surface area contributed by atoms with Crippen LogP contribution in [0, 0.1) is 13.8 Å². The van der Waals surface area contributed by atoms with Gasteiger partial charge in [-0.3, -0.25) is 14.8 Å². The van der Waals surface area contributed by atoms with Crippen LogP contribution in [-0.4, -0.2) is 61.3 Å². The number of amides is 1. The molecule has 0 saturated carbocycles. The van der Waals surface area contributed by atoms with Gasteiger partial charge in [0.1, 0.15) is 0 Å². The third-order valence-electron chi connectivity index (χ3n) is 5.04. The Bertz CT molecular complexity index is 1190. The van der Waals surface area contributed by atoms with Crippen molar-refractivity contribution in [3.63, 3.8) is 0 Å². The number of aliphatic carboxylic acids is 1. The lowest BCUT2D eigenvalue weighted by Crippen LogP contribution is -2.39. The van der Waals surface area contributed by atoms with E-state index in [2.05, 4.69) is 20.1 Å². The molecule has 10 nitrogen and oxygen atoms in total. The number of carbonyl (C=O) groups is 2. The molecule has 1 aliphatic heterocycles. The Balaban J connectivity index is 0.000000406. The Labute approximate surface area is 191 Å². The van der Waals surface area contributed by atoms with E-state index in [4.69, 9.17) is 20.2 Å². The molecule has 0 atom stereocenters. The number of carboxylic acid groups (broad SMARTS) is 1. The number of nitrogens with zero attached hydrogens (tertiary/aromatic N) is 5. The first-order valence-corrected chi connectivity index (χ1v) is 10.0. The summed E-state index contributed by atoms with van der Waals surface area (Å²) in [4.78, 5) is 35.9. The van der Waals surface area contributed by atoms with Crippen molar-refractivity contribution in [3.05, 3.63) is 47.0 Å². The van der Waals surface area contributed by atoms with E-state index in [0.717, 1.165) is 33.6 Å². The van der Waals surface area contributed by atoms with Gasteiger partial charge in [0.2, 0.25) is 11.7 Å². The lowest BCUT2D eigenvalue weighted by molar-refractivity contribution is -0.192. The Morgan fingerprint density at radius 1 is 1.21 bits per heavy atom. The van der Waals surface area contributed by atoms with E-state index >= 15 is 0 Å². The van der Waals surface area contributed by atoms with Gasteiger partial charge in [0.25, 0.3) is 5.89 Å². The Hall–Kier alpha value is -3.87. The number of rotatable bonds is 3. The summed E-state index contributed by atoms with van der Waals surface area (Å²) >= 11 is 0. The molecule has 0 radical (unpaired) electrons. The highest BCUT2D eigenvalue weighted by atomic mass is 19.4. The zero-order valence-electron chi connectivity index (χ0n) is 18.3. The lowest BCUT2D eigenvalue weighted by Gasteiger charge is -2.29. The highest BCUT2D eigenvalue weighted by molar-refractivity contribution is 5.79. The fourth-order valence-electron chi connectivity index (χ4n) is 3.32. The number of hydrogen-bond acceptors (Lipinski definition) is 8. The number of aryl methyl sites for hydroxylation is 2. The molecule has 0 saturated heterocycles. The highest BCUT2D eigenvalue weighted by Crippen LogP contribution is 2.31. The summed E-state index contributed by atoms with van der Waals surface area (Å²) in [5, 5.41) is 11.3. The highest BCUT2D eigenvalue weighted by Gasteiger charge is 2.38. The Morgan fingerprint density at radius 2 is 1.91 bits per heavy atom. The van der Waals surface area contributed by atoms with E-state index < -0.39 is 12.1 Å². The smallest absolute Gasteiger partial charge is 0.475 e. The van der Waals surface area contributed by atoms with Crippen LogP contribution >= 0.6 is 0 Å². The van der Waals surface area contributed by atoms with Gasteiger partial charge in [0, 0.05) is 42.4 Å². The van der Waals surface area contributed by atoms with Gasteiger partial charge in [-0.05, 0) is 43.5 Å². The zero-order valence-corrected chi connectivity index (χ0v) is 18.3. The van der Waals surface area contributed by atoms with Crippen molar-refractivity contribution in [2.75, 3.05) is 13.1 Å². The largest absolute Gasteiger partial charge is 0.490 e. The van der Waals surface area contributed by atoms with Crippen molar-refractivity contribution in [1.82, 2.24) is 25.0 Å². The molecule has 34 heavy (non-hydrogen) atoms. The number of pyridine rings is 2. The van der Waals surface area contributed by atoms with Gasteiger partial charge in [-0.15, -0.1) is 0 Å². The maximum Gasteiger partial charge on any atom is 0.490 e. The van der Waals surface area contributed by atoms with Crippen molar-refractivity contribution in [2.24, 2.45) is 5.73 Å². The monoisotopic (exact) mass is 478 g/mol. The third kappa shape index (κ3) is 5.54. The Kier molecular flexibility index (Phi) is 7.25. The number of carboxylic acids is 1. The molecule has 180 valence electrons. The predicted molar refractivity (Wildman–Crippen MR) is 112 cm³/mol. The number of alkyl halides is 3. The van der Waals surface area contributed by atoms with Gasteiger partial charge in [-0.25, -0.2) is 4.79 Å². The number of halogens is 3. The summed E-state index contributed by atoms with van der Waals surface area (Å²) in [5.74, 6) is -1.89. The van der Waals surface area contributed by atoms with E-state index in [9.17, 15) is 18.0 Å². The molecule has 4 rings (SSSR count). The molecule has 3 aromatic heterocycles. The first-order chi connectivity index (χ1) is 16.0. The van der Waals surface area contributed by atoms with E-state index in [1.165, 1.54) is 0 Å². The molecule has 0 spiro atoms. The normalized spacial score (nSPS) is 13.1. The van der Waals surface area contributed by atoms with Crippen molar-refractivity contribution in [2.45, 2.75) is 33.0 Å². The van der Waals surface area contributed by atoms with Crippen LogP contribution in [0.3, 0.4) is 0 Å². The van der Waals surface area contributed by atoms with E-state index in [0.29, 0.717) is 31.2 Å². The molecule has 13 heteroatoms. The predicted octanol–water partition coefficient (Wildman–Crippen LogP) is 2.29. The minimum Gasteiger partial charge on any atom is -0.475 e. The number of hydrogen-bond donors (Lipinski definition) is 2. The minimum absolute atomic E-state index is 0.0142. The maximum absolute atomic E-state index is 11.9. The Morgan fingerprint density at radius 3 is 2.50 bits per heavy atom. The van der Waals surface area contributed by atoms with Crippen LogP contribution in [-0.2, 0) is 22.6 Å². The molecule has 1 amide bonds. The fourth-order valence-corrected chi connectivity index (χ4v) is 3.32. The number of carbonyl (C=O) groups excluding carboxylic acids is 1. The second kappa shape index (κ2) is 9.95. The first kappa shape index (κ1) is 24.8. The summed E-state index contributed by atoms with van der Waals surface area (Å²) < 4.78 is 37.2. The SMILES string of the molecule is Cc1ccc(-c2nc(-c3c(C)ncc4c3CCN(C(=O)CN)C4)no2)cn1.O=C(O)C(F)(F)F. The maximum atomic E-state index is 11.9. The molecule has 3 aromatic rings. The van der Waals surface area contributed by atoms with Gasteiger partial charge >= 0.3 is 12.1 Å². The standard InChI is InChI=1S/C19H20N6O2.C2HF3O2/c1-11-3-4-13(8-21-11)19-23-18(24-27-19)17-12(2)22-9-14-10-25(16(26)7-20)6-5-15(14)17;3-2(4,5)1(6)7/h3-4,8-9H,5-7,10,20H2,1-2H3;(H,6,7). The van der Waals surface area contributed by atoms with E-state index in [-0.39, 0.29) is 12.5 Å². The average Bonchev–Trinajstić information content (AvgIpc) is 3.28. The van der Waals surface area contributed by atoms with Crippen LogP contribution in [0.15, 0.2) is 29.0 Å². The molecule has 0 fully saturated rings. The molecule has 0 aliphatic carbocycles. The number of aromatic nitrogens is 4. The first-order valence-electron chi connectivity index (χ1n) is 10.0. The molecule has 4 heterocycles. The van der Waals surface area contributed by atoms with Crippen molar-refractivity contribution >= 4 is 11.9 Å². The summed E-state index contributed by atoms with van der Waals surface area (Å²) in [7, 11) is 0. The molecular formula is C21H21F3N6O4. The van der Waals surface area contributed by atoms with Crippen LogP contribution in [0.5, 0.6) is 0 Å². The van der Waals surface area contributed by atoms with Crippen LogP contribution in [0.25, 0.3) is 22.8 Å². The minimum atomic E-state index is -5.08. The second-order valence-electron chi connectivity index (χ2n) is 7.41. The van der Waals surface area contributed by atoms with Gasteiger partial charge in [-0.1, -0.05) is 5.16 Å². The van der Waals surface area contributed by atoms with Crippen molar-refractivity contribution in [1.29, 1.82) is 0 Å². The van der Waals surface area contributed by atoms with Crippen LogP contribution in [0.2, 0.25) is 0 Å². The number of fused-ring (bicyclic) bond motifs is 1. The van der Waals surface area contributed by atoms with Crippen LogP contribution < -0.4 is 5.73 Å². The molecule has 0 aromatic carbocycles. The van der Waals surface area contributed by atoms with Gasteiger partial charge in [0.05, 0.1) is 12.1 Å². The molecular weight excluding hydrogens is 457 g/mol. The third-order valence-corrected chi connectivity index (χ3v) is 5.04. The van der Waals surface area contributed by atoms with E-state index in [1.54, 1.807) is 11.1 Å². The fraction of sp³-hybridized carbons (Fsp3) is 0.333. The zero-order chi connectivity index (χ0) is 25.0. The summed E-state index contributed by atoms with van der Waals surface area (Å²) in [6, 6.07) is 3.81. The van der Waals surface area contributed by atoms with Crippen molar-refractivity contribution < 1.29 is 32.4 Å². The van der Waals surface area contributed by atoms with Crippen LogP contribution in [0.1, 0.15) is 22.5 Å². The second-order valence-corrected chi connectivity index (χ2v) is 7.41. The van der Waals surface area contributed by atoms with Crippen molar-refractivity contribution in [3.8, 4) is 22.8 Å². The quantitative estimate of drug-likeness (QED) is 0.578. The molecule has 1 aliphatic rings.